The number of hydrogen-bond donors (Lipinski definition) is 1. The van der Waals surface area contributed by atoms with Crippen LogP contribution in [0.3, 0.4) is 0 Å². The first-order valence-corrected chi connectivity index (χ1v) is 6.51. The fourth-order valence-electron chi connectivity index (χ4n) is 2.11. The van der Waals surface area contributed by atoms with Crippen LogP contribution < -0.4 is 15.2 Å². The van der Waals surface area contributed by atoms with Crippen molar-refractivity contribution in [3.05, 3.63) is 24.3 Å². The Kier molecular flexibility index (Phi) is 4.44. The fourth-order valence-corrected chi connectivity index (χ4v) is 2.11. The second-order valence-corrected chi connectivity index (χ2v) is 4.38. The average Bonchev–Trinajstić information content (AvgIpc) is 2.38. The van der Waals surface area contributed by atoms with E-state index in [-0.39, 0.29) is 18.2 Å². The van der Waals surface area contributed by atoms with Gasteiger partial charge in [-0.25, -0.2) is 0 Å². The molecule has 0 bridgehead atoms. The minimum Gasteiger partial charge on any atom is -0.494 e. The Balaban J connectivity index is 1.89. The van der Waals surface area contributed by atoms with Crippen molar-refractivity contribution in [1.82, 2.24) is 0 Å². The van der Waals surface area contributed by atoms with E-state index in [9.17, 15) is 0 Å². The molecule has 0 heterocycles. The van der Waals surface area contributed by atoms with Gasteiger partial charge in [0.2, 0.25) is 0 Å². The van der Waals surface area contributed by atoms with Gasteiger partial charge in [0.1, 0.15) is 23.7 Å². The van der Waals surface area contributed by atoms with Crippen molar-refractivity contribution in [3.8, 4) is 11.5 Å². The van der Waals surface area contributed by atoms with Gasteiger partial charge in [-0.2, -0.15) is 0 Å². The van der Waals surface area contributed by atoms with E-state index in [2.05, 4.69) is 0 Å². The molecule has 0 amide bonds. The highest BCUT2D eigenvalue weighted by Crippen LogP contribution is 2.28. The first-order valence-electron chi connectivity index (χ1n) is 6.51. The molecule has 1 fully saturated rings. The Bertz CT molecular complexity index is 366. The van der Waals surface area contributed by atoms with E-state index < -0.39 is 0 Å². The molecule has 3 unspecified atom stereocenters. The monoisotopic (exact) mass is 251 g/mol. The lowest BCUT2D eigenvalue weighted by Gasteiger charge is -2.41. The van der Waals surface area contributed by atoms with Gasteiger partial charge in [-0.05, 0) is 38.1 Å². The van der Waals surface area contributed by atoms with Gasteiger partial charge in [-0.15, -0.1) is 0 Å². The topological polar surface area (TPSA) is 53.7 Å². The predicted octanol–water partition coefficient (Wildman–Crippen LogP) is 1.97. The van der Waals surface area contributed by atoms with Crippen molar-refractivity contribution in [2.24, 2.45) is 5.73 Å². The summed E-state index contributed by atoms with van der Waals surface area (Å²) in [6.07, 6.45) is 0.928. The molecule has 0 radical (unpaired) electrons. The van der Waals surface area contributed by atoms with Crippen molar-refractivity contribution in [2.75, 3.05) is 13.2 Å². The molecule has 1 aliphatic carbocycles. The van der Waals surface area contributed by atoms with Gasteiger partial charge in [-0.3, -0.25) is 0 Å². The van der Waals surface area contributed by atoms with Crippen LogP contribution in [0.25, 0.3) is 0 Å². The van der Waals surface area contributed by atoms with Crippen molar-refractivity contribution in [1.29, 1.82) is 0 Å². The molecule has 3 atom stereocenters. The van der Waals surface area contributed by atoms with Gasteiger partial charge in [-0.1, -0.05) is 0 Å². The minimum absolute atomic E-state index is 0.0153. The van der Waals surface area contributed by atoms with Gasteiger partial charge in [0.15, 0.2) is 0 Å². The first-order chi connectivity index (χ1) is 8.74. The zero-order valence-electron chi connectivity index (χ0n) is 11.0. The maximum absolute atomic E-state index is 5.89. The van der Waals surface area contributed by atoms with E-state index in [1.807, 2.05) is 38.1 Å². The molecule has 1 saturated carbocycles. The standard InChI is InChI=1S/C14H21NO3/c1-3-16-10-5-7-11(8-6-10)18-13-9-12(15)14(13)17-4-2/h5-8,12-14H,3-4,9,15H2,1-2H3. The van der Waals surface area contributed by atoms with Gasteiger partial charge in [0, 0.05) is 19.1 Å². The van der Waals surface area contributed by atoms with Crippen molar-refractivity contribution < 1.29 is 14.2 Å². The van der Waals surface area contributed by atoms with Gasteiger partial charge >= 0.3 is 0 Å². The molecule has 0 spiro atoms. The molecule has 2 rings (SSSR count). The maximum atomic E-state index is 5.89. The summed E-state index contributed by atoms with van der Waals surface area (Å²) >= 11 is 0. The summed E-state index contributed by atoms with van der Waals surface area (Å²) in [5, 5.41) is 0. The molecule has 0 aliphatic heterocycles. The van der Waals surface area contributed by atoms with E-state index in [1.165, 1.54) is 0 Å². The lowest BCUT2D eigenvalue weighted by molar-refractivity contribution is -0.0945. The summed E-state index contributed by atoms with van der Waals surface area (Å²) in [6, 6.07) is 7.74. The van der Waals surface area contributed by atoms with E-state index in [4.69, 9.17) is 19.9 Å². The number of benzene rings is 1. The maximum Gasteiger partial charge on any atom is 0.128 e. The fraction of sp³-hybridized carbons (Fsp3) is 0.571. The van der Waals surface area contributed by atoms with Crippen LogP contribution in [0.15, 0.2) is 24.3 Å². The highest BCUT2D eigenvalue weighted by atomic mass is 16.5. The molecule has 100 valence electrons. The van der Waals surface area contributed by atoms with Crippen LogP contribution in [0.5, 0.6) is 11.5 Å². The smallest absolute Gasteiger partial charge is 0.128 e. The minimum atomic E-state index is 0.0153. The molecule has 18 heavy (non-hydrogen) atoms. The second kappa shape index (κ2) is 6.07. The van der Waals surface area contributed by atoms with E-state index in [1.54, 1.807) is 0 Å². The summed E-state index contributed by atoms with van der Waals surface area (Å²) in [4.78, 5) is 0. The third kappa shape index (κ3) is 2.94. The third-order valence-electron chi connectivity index (χ3n) is 3.07. The summed E-state index contributed by atoms with van der Waals surface area (Å²) in [7, 11) is 0. The average molecular weight is 251 g/mol. The lowest BCUT2D eigenvalue weighted by atomic mass is 9.86. The largest absolute Gasteiger partial charge is 0.494 e. The van der Waals surface area contributed by atoms with Crippen LogP contribution in [-0.2, 0) is 4.74 Å². The number of nitrogens with two attached hydrogens (primary N) is 1. The Hall–Kier alpha value is -1.26. The number of hydrogen-bond acceptors (Lipinski definition) is 4. The molecule has 1 aromatic carbocycles. The lowest BCUT2D eigenvalue weighted by Crippen LogP contribution is -2.59. The third-order valence-corrected chi connectivity index (χ3v) is 3.07. The van der Waals surface area contributed by atoms with Crippen LogP contribution in [0.4, 0.5) is 0 Å². The van der Waals surface area contributed by atoms with Gasteiger partial charge < -0.3 is 19.9 Å². The molecular formula is C14H21NO3. The zero-order valence-corrected chi connectivity index (χ0v) is 11.0. The Morgan fingerprint density at radius 3 is 2.33 bits per heavy atom. The highest BCUT2D eigenvalue weighted by Gasteiger charge is 2.41. The Morgan fingerprint density at radius 1 is 1.11 bits per heavy atom. The second-order valence-electron chi connectivity index (χ2n) is 4.38. The molecular weight excluding hydrogens is 230 g/mol. The van der Waals surface area contributed by atoms with Crippen molar-refractivity contribution >= 4 is 0 Å². The molecule has 1 aromatic rings. The normalized spacial score (nSPS) is 26.5. The van der Waals surface area contributed by atoms with Crippen LogP contribution in [0.1, 0.15) is 20.3 Å². The number of rotatable bonds is 6. The summed E-state index contributed by atoms with van der Waals surface area (Å²) < 4.78 is 16.8. The Morgan fingerprint density at radius 2 is 1.78 bits per heavy atom. The van der Waals surface area contributed by atoms with Crippen molar-refractivity contribution in [2.45, 2.75) is 38.5 Å². The van der Waals surface area contributed by atoms with Crippen LogP contribution in [0, 0.1) is 0 Å². The van der Waals surface area contributed by atoms with E-state index >= 15 is 0 Å². The summed E-state index contributed by atoms with van der Waals surface area (Å²) in [6.45, 7) is 5.28. The molecule has 4 heteroatoms. The first kappa shape index (κ1) is 13.2. The molecule has 0 aromatic heterocycles. The van der Waals surface area contributed by atoms with E-state index in [0.717, 1.165) is 17.9 Å². The summed E-state index contributed by atoms with van der Waals surface area (Å²) in [5.41, 5.74) is 5.89. The van der Waals surface area contributed by atoms with Gasteiger partial charge in [0.25, 0.3) is 0 Å². The van der Waals surface area contributed by atoms with Crippen LogP contribution >= 0.6 is 0 Å². The zero-order chi connectivity index (χ0) is 13.0. The van der Waals surface area contributed by atoms with Crippen molar-refractivity contribution in [3.63, 3.8) is 0 Å². The van der Waals surface area contributed by atoms with Gasteiger partial charge in [0.05, 0.1) is 6.61 Å². The SMILES string of the molecule is CCOc1ccc(OC2CC(N)C2OCC)cc1. The van der Waals surface area contributed by atoms with Crippen LogP contribution in [0.2, 0.25) is 0 Å². The number of ether oxygens (including phenoxy) is 3. The quantitative estimate of drug-likeness (QED) is 0.840. The summed E-state index contributed by atoms with van der Waals surface area (Å²) in [5.74, 6) is 1.69. The molecule has 2 N–H and O–H groups in total. The molecule has 1 aliphatic rings. The predicted molar refractivity (Wildman–Crippen MR) is 70.0 cm³/mol. The van der Waals surface area contributed by atoms with Crippen LogP contribution in [-0.4, -0.2) is 31.5 Å². The van der Waals surface area contributed by atoms with E-state index in [0.29, 0.717) is 13.2 Å². The Labute approximate surface area is 108 Å². The highest BCUT2D eigenvalue weighted by molar-refractivity contribution is 5.31. The molecule has 4 nitrogen and oxygen atoms in total. The molecule has 0 saturated heterocycles.